The Kier molecular flexibility index (Phi) is 2.09. The molecule has 0 radical (unpaired) electrons. The summed E-state index contributed by atoms with van der Waals surface area (Å²) >= 11 is 0. The topological polar surface area (TPSA) is 32.3 Å². The van der Waals surface area contributed by atoms with Crippen LogP contribution in [0.25, 0.3) is 0 Å². The van der Waals surface area contributed by atoms with Gasteiger partial charge in [-0.15, -0.1) is 0 Å². The average Bonchev–Trinajstić information content (AvgIpc) is 2.50. The Bertz CT molecular complexity index is 88.9. The van der Waals surface area contributed by atoms with E-state index in [1.165, 1.54) is 12.8 Å². The molecule has 1 rings (SSSR count). The minimum absolute atomic E-state index is 0.217. The van der Waals surface area contributed by atoms with Gasteiger partial charge in [-0.1, -0.05) is 0 Å². The van der Waals surface area contributed by atoms with Gasteiger partial charge in [0.2, 0.25) is 0 Å². The molecular weight excluding hydrogens is 114 g/mol. The lowest BCUT2D eigenvalue weighted by atomic mass is 10.2. The van der Waals surface area contributed by atoms with Gasteiger partial charge in [-0.3, -0.25) is 0 Å². The second kappa shape index (κ2) is 2.67. The Morgan fingerprint density at radius 1 is 1.44 bits per heavy atom. The average molecular weight is 129 g/mol. The van der Waals surface area contributed by atoms with Crippen molar-refractivity contribution in [3.8, 4) is 0 Å². The van der Waals surface area contributed by atoms with Crippen LogP contribution >= 0.6 is 0 Å². The predicted molar refractivity (Wildman–Crippen MR) is 37.3 cm³/mol. The largest absolute Gasteiger partial charge is 0.392 e. The Labute approximate surface area is 56.3 Å². The third-order valence-electron chi connectivity index (χ3n) is 1.80. The van der Waals surface area contributed by atoms with Crippen LogP contribution in [0.4, 0.5) is 0 Å². The molecule has 1 fully saturated rings. The van der Waals surface area contributed by atoms with E-state index >= 15 is 0 Å². The molecule has 0 aromatic carbocycles. The van der Waals surface area contributed by atoms with Crippen molar-refractivity contribution in [1.29, 1.82) is 0 Å². The van der Waals surface area contributed by atoms with E-state index in [4.69, 9.17) is 5.11 Å². The highest BCUT2D eigenvalue weighted by atomic mass is 16.3. The van der Waals surface area contributed by atoms with Gasteiger partial charge in [-0.05, 0) is 26.7 Å². The third kappa shape index (κ3) is 2.33. The third-order valence-corrected chi connectivity index (χ3v) is 1.80. The van der Waals surface area contributed by atoms with Crippen LogP contribution in [0.15, 0.2) is 0 Å². The van der Waals surface area contributed by atoms with Gasteiger partial charge in [-0.2, -0.15) is 0 Å². The van der Waals surface area contributed by atoms with Gasteiger partial charge in [0, 0.05) is 12.1 Å². The van der Waals surface area contributed by atoms with E-state index in [0.29, 0.717) is 6.04 Å². The molecular formula is C7H15NO. The SMILES string of the molecule is CC(O)C(C)NC1CC1. The fraction of sp³-hybridized carbons (Fsp3) is 1.00. The number of hydrogen-bond donors (Lipinski definition) is 2. The molecule has 1 aliphatic rings. The molecule has 0 bridgehead atoms. The molecule has 2 atom stereocenters. The maximum Gasteiger partial charge on any atom is 0.0662 e. The van der Waals surface area contributed by atoms with Crippen molar-refractivity contribution in [2.45, 2.75) is 44.9 Å². The maximum absolute atomic E-state index is 9.04. The van der Waals surface area contributed by atoms with E-state index in [-0.39, 0.29) is 12.1 Å². The Balaban J connectivity index is 2.09. The van der Waals surface area contributed by atoms with E-state index in [9.17, 15) is 0 Å². The zero-order valence-electron chi connectivity index (χ0n) is 6.09. The van der Waals surface area contributed by atoms with Gasteiger partial charge in [0.15, 0.2) is 0 Å². The standard InChI is InChI=1S/C7H15NO/c1-5(6(2)9)8-7-3-4-7/h5-9H,3-4H2,1-2H3. The number of hydrogen-bond acceptors (Lipinski definition) is 2. The van der Waals surface area contributed by atoms with Crippen molar-refractivity contribution >= 4 is 0 Å². The minimum Gasteiger partial charge on any atom is -0.392 e. The first-order chi connectivity index (χ1) is 4.20. The van der Waals surface area contributed by atoms with E-state index in [1.807, 2.05) is 13.8 Å². The van der Waals surface area contributed by atoms with Gasteiger partial charge in [0.05, 0.1) is 6.10 Å². The van der Waals surface area contributed by atoms with Crippen LogP contribution in [-0.4, -0.2) is 23.3 Å². The van der Waals surface area contributed by atoms with Crippen molar-refractivity contribution in [1.82, 2.24) is 5.32 Å². The summed E-state index contributed by atoms with van der Waals surface area (Å²) in [4.78, 5) is 0. The van der Waals surface area contributed by atoms with Crippen LogP contribution in [-0.2, 0) is 0 Å². The highest BCUT2D eigenvalue weighted by Crippen LogP contribution is 2.19. The fourth-order valence-corrected chi connectivity index (χ4v) is 0.761. The fourth-order valence-electron chi connectivity index (χ4n) is 0.761. The molecule has 0 aliphatic heterocycles. The van der Waals surface area contributed by atoms with Gasteiger partial charge < -0.3 is 10.4 Å². The summed E-state index contributed by atoms with van der Waals surface area (Å²) in [7, 11) is 0. The summed E-state index contributed by atoms with van der Waals surface area (Å²) in [6, 6.07) is 0.965. The van der Waals surface area contributed by atoms with Gasteiger partial charge in [0.1, 0.15) is 0 Å². The van der Waals surface area contributed by atoms with Crippen molar-refractivity contribution in [2.75, 3.05) is 0 Å². The maximum atomic E-state index is 9.04. The Morgan fingerprint density at radius 3 is 2.33 bits per heavy atom. The van der Waals surface area contributed by atoms with Crippen LogP contribution in [0.3, 0.4) is 0 Å². The van der Waals surface area contributed by atoms with E-state index in [1.54, 1.807) is 0 Å². The first kappa shape index (κ1) is 7.03. The van der Waals surface area contributed by atoms with Crippen LogP contribution in [0, 0.1) is 0 Å². The van der Waals surface area contributed by atoms with Crippen LogP contribution in [0.2, 0.25) is 0 Å². The summed E-state index contributed by atoms with van der Waals surface area (Å²) in [5.74, 6) is 0. The van der Waals surface area contributed by atoms with Gasteiger partial charge in [-0.25, -0.2) is 0 Å². The quantitative estimate of drug-likeness (QED) is 0.582. The molecule has 2 heteroatoms. The Hall–Kier alpha value is -0.0800. The first-order valence-corrected chi connectivity index (χ1v) is 3.64. The van der Waals surface area contributed by atoms with Crippen molar-refractivity contribution in [3.05, 3.63) is 0 Å². The normalized spacial score (nSPS) is 25.7. The number of aliphatic hydroxyl groups excluding tert-OH is 1. The summed E-state index contributed by atoms with van der Waals surface area (Å²) < 4.78 is 0. The molecule has 0 heterocycles. The first-order valence-electron chi connectivity index (χ1n) is 3.64. The molecule has 2 N–H and O–H groups in total. The number of aliphatic hydroxyl groups is 1. The van der Waals surface area contributed by atoms with E-state index < -0.39 is 0 Å². The molecule has 0 aromatic heterocycles. The Morgan fingerprint density at radius 2 is 2.00 bits per heavy atom. The highest BCUT2D eigenvalue weighted by molar-refractivity contribution is 4.84. The van der Waals surface area contributed by atoms with Gasteiger partial charge >= 0.3 is 0 Å². The number of nitrogens with one attached hydrogen (secondary N) is 1. The lowest BCUT2D eigenvalue weighted by molar-refractivity contribution is 0.152. The van der Waals surface area contributed by atoms with Crippen molar-refractivity contribution in [3.63, 3.8) is 0 Å². The monoisotopic (exact) mass is 129 g/mol. The molecule has 2 unspecified atom stereocenters. The minimum atomic E-state index is -0.217. The van der Waals surface area contributed by atoms with Crippen LogP contribution in [0.1, 0.15) is 26.7 Å². The lowest BCUT2D eigenvalue weighted by Crippen LogP contribution is -2.36. The van der Waals surface area contributed by atoms with Crippen LogP contribution < -0.4 is 5.32 Å². The molecule has 9 heavy (non-hydrogen) atoms. The highest BCUT2D eigenvalue weighted by Gasteiger charge is 2.23. The summed E-state index contributed by atoms with van der Waals surface area (Å²) in [6.07, 6.45) is 2.36. The molecule has 1 aliphatic carbocycles. The molecule has 54 valence electrons. The van der Waals surface area contributed by atoms with Crippen molar-refractivity contribution in [2.24, 2.45) is 0 Å². The predicted octanol–water partition coefficient (Wildman–Crippen LogP) is 0.508. The van der Waals surface area contributed by atoms with Gasteiger partial charge in [0.25, 0.3) is 0 Å². The summed E-state index contributed by atoms with van der Waals surface area (Å²) in [5.41, 5.74) is 0. The summed E-state index contributed by atoms with van der Waals surface area (Å²) in [5, 5.41) is 12.3. The molecule has 2 nitrogen and oxygen atoms in total. The zero-order chi connectivity index (χ0) is 6.85. The second-order valence-electron chi connectivity index (χ2n) is 2.97. The lowest BCUT2D eigenvalue weighted by Gasteiger charge is -2.15. The van der Waals surface area contributed by atoms with E-state index in [0.717, 1.165) is 0 Å². The smallest absolute Gasteiger partial charge is 0.0662 e. The molecule has 0 spiro atoms. The molecule has 1 saturated carbocycles. The second-order valence-corrected chi connectivity index (χ2v) is 2.97. The molecule has 0 saturated heterocycles. The molecule has 0 aromatic rings. The number of rotatable bonds is 3. The summed E-state index contributed by atoms with van der Waals surface area (Å²) in [6.45, 7) is 3.84. The molecule has 0 amide bonds. The van der Waals surface area contributed by atoms with Crippen LogP contribution in [0.5, 0.6) is 0 Å². The van der Waals surface area contributed by atoms with E-state index in [2.05, 4.69) is 5.32 Å². The zero-order valence-corrected chi connectivity index (χ0v) is 6.09. The van der Waals surface area contributed by atoms with Crippen molar-refractivity contribution < 1.29 is 5.11 Å².